The van der Waals surface area contributed by atoms with Crippen LogP contribution in [-0.2, 0) is 14.8 Å². The Kier molecular flexibility index (Phi) is 7.25. The molecule has 1 aromatic carbocycles. The van der Waals surface area contributed by atoms with Crippen molar-refractivity contribution in [1.29, 1.82) is 0 Å². The molecular formula is C22H35N7O4S. The van der Waals surface area contributed by atoms with Crippen LogP contribution in [0, 0.1) is 0 Å². The molecule has 1 aliphatic carbocycles. The van der Waals surface area contributed by atoms with Crippen molar-refractivity contribution in [2.45, 2.75) is 81.9 Å². The lowest BCUT2D eigenvalue weighted by Gasteiger charge is -2.42. The van der Waals surface area contributed by atoms with Crippen LogP contribution in [0.25, 0.3) is 11.4 Å². The van der Waals surface area contributed by atoms with E-state index in [1.165, 1.54) is 31.1 Å². The number of ether oxygens (including phenoxy) is 1. The maximum atomic E-state index is 12.4. The van der Waals surface area contributed by atoms with Gasteiger partial charge in [0.15, 0.2) is 0 Å². The highest BCUT2D eigenvalue weighted by Crippen LogP contribution is 2.32. The van der Waals surface area contributed by atoms with Crippen molar-refractivity contribution in [3.05, 3.63) is 18.2 Å². The molecule has 0 bridgehead atoms. The number of aliphatic hydroxyl groups excluding tert-OH is 1. The van der Waals surface area contributed by atoms with Crippen LogP contribution in [0.5, 0.6) is 0 Å². The van der Waals surface area contributed by atoms with E-state index in [4.69, 9.17) is 4.74 Å². The van der Waals surface area contributed by atoms with Crippen LogP contribution in [0.15, 0.2) is 23.1 Å². The second-order valence-corrected chi connectivity index (χ2v) is 11.9. The summed E-state index contributed by atoms with van der Waals surface area (Å²) in [5.41, 5.74) is 0.940. The predicted octanol–water partition coefficient (Wildman–Crippen LogP) is 1.94. The number of nitrogens with one attached hydrogen (secondary N) is 2. The molecule has 1 aliphatic heterocycles. The van der Waals surface area contributed by atoms with Crippen LogP contribution in [0.2, 0.25) is 0 Å². The Morgan fingerprint density at radius 3 is 2.53 bits per heavy atom. The molecule has 2 aliphatic rings. The van der Waals surface area contributed by atoms with E-state index in [1.54, 1.807) is 23.1 Å². The Morgan fingerprint density at radius 1 is 1.18 bits per heavy atom. The largest absolute Gasteiger partial charge is 0.382 e. The van der Waals surface area contributed by atoms with Crippen molar-refractivity contribution >= 4 is 15.7 Å². The number of anilines is 1. The Bertz CT molecular complexity index is 1090. The summed E-state index contributed by atoms with van der Waals surface area (Å²) in [4.78, 5) is 3.46. The lowest BCUT2D eigenvalue weighted by atomic mass is 9.95. The van der Waals surface area contributed by atoms with E-state index in [9.17, 15) is 13.5 Å². The summed E-state index contributed by atoms with van der Waals surface area (Å²) in [5, 5.41) is 26.8. The fourth-order valence-electron chi connectivity index (χ4n) is 4.28. The second kappa shape index (κ2) is 9.86. The molecule has 188 valence electrons. The normalized spacial score (nSPS) is 19.7. The van der Waals surface area contributed by atoms with Crippen molar-refractivity contribution in [3.63, 3.8) is 0 Å². The van der Waals surface area contributed by atoms with Crippen molar-refractivity contribution in [2.24, 2.45) is 0 Å². The van der Waals surface area contributed by atoms with Gasteiger partial charge in [-0.25, -0.2) is 13.1 Å². The fraction of sp³-hybridized carbons (Fsp3) is 0.682. The third-order valence-electron chi connectivity index (χ3n) is 6.19. The smallest absolute Gasteiger partial charge is 0.240 e. The van der Waals surface area contributed by atoms with Crippen LogP contribution in [0.3, 0.4) is 0 Å². The van der Waals surface area contributed by atoms with Gasteiger partial charge in [0.2, 0.25) is 22.3 Å². The molecule has 3 N–H and O–H groups in total. The van der Waals surface area contributed by atoms with Crippen LogP contribution < -0.4 is 10.0 Å². The molecule has 34 heavy (non-hydrogen) atoms. The number of aliphatic hydroxyl groups is 1. The summed E-state index contributed by atoms with van der Waals surface area (Å²) >= 11 is 0. The summed E-state index contributed by atoms with van der Waals surface area (Å²) in [6.07, 6.45) is 4.76. The molecule has 1 aromatic heterocycles. The van der Waals surface area contributed by atoms with Gasteiger partial charge in [-0.3, -0.25) is 4.90 Å². The van der Waals surface area contributed by atoms with Crippen molar-refractivity contribution in [3.8, 4) is 11.4 Å². The molecule has 1 unspecified atom stereocenters. The summed E-state index contributed by atoms with van der Waals surface area (Å²) < 4.78 is 32.8. The monoisotopic (exact) mass is 493 g/mol. The fourth-order valence-corrected chi connectivity index (χ4v) is 5.03. The Balaban J connectivity index is 1.54. The average molecular weight is 494 g/mol. The molecule has 1 atom stereocenters. The van der Waals surface area contributed by atoms with Crippen LogP contribution in [0.1, 0.15) is 58.9 Å². The summed E-state index contributed by atoms with van der Waals surface area (Å²) in [6, 6.07) is 5.23. The number of nitrogens with zero attached hydrogens (tertiary/aromatic N) is 5. The quantitative estimate of drug-likeness (QED) is 0.472. The lowest BCUT2D eigenvalue weighted by Crippen LogP contribution is -2.55. The Labute approximate surface area is 200 Å². The van der Waals surface area contributed by atoms with Crippen LogP contribution >= 0.6 is 0 Å². The molecule has 4 rings (SSSR count). The van der Waals surface area contributed by atoms with E-state index in [0.717, 1.165) is 18.5 Å². The van der Waals surface area contributed by atoms with E-state index in [2.05, 4.69) is 25.4 Å². The molecule has 1 saturated heterocycles. The van der Waals surface area contributed by atoms with Gasteiger partial charge in [0, 0.05) is 30.4 Å². The molecule has 2 aromatic rings. The van der Waals surface area contributed by atoms with Gasteiger partial charge in [-0.2, -0.15) is 4.80 Å². The minimum absolute atomic E-state index is 0.0570. The highest BCUT2D eigenvalue weighted by atomic mass is 32.2. The number of rotatable bonds is 8. The number of sulfonamides is 1. The van der Waals surface area contributed by atoms with Gasteiger partial charge in [-0.05, 0) is 64.1 Å². The Morgan fingerprint density at radius 2 is 1.88 bits per heavy atom. The predicted molar refractivity (Wildman–Crippen MR) is 127 cm³/mol. The first-order valence-electron chi connectivity index (χ1n) is 11.8. The maximum Gasteiger partial charge on any atom is 0.240 e. The SMILES string of the molecule is CNS(=O)(=O)c1ccc(NC2CCCCC2)c(-c2nnn(C3CN(C(O)OC(C)(C)C)C3)n2)c1. The zero-order valence-electron chi connectivity index (χ0n) is 20.2. The lowest BCUT2D eigenvalue weighted by molar-refractivity contribution is -0.260. The molecule has 0 amide bonds. The van der Waals surface area contributed by atoms with E-state index in [1.807, 2.05) is 20.8 Å². The third-order valence-corrected chi connectivity index (χ3v) is 7.60. The van der Waals surface area contributed by atoms with E-state index in [-0.39, 0.29) is 10.9 Å². The zero-order chi connectivity index (χ0) is 24.5. The average Bonchev–Trinajstić information content (AvgIpc) is 3.21. The van der Waals surface area contributed by atoms with Crippen LogP contribution in [0.4, 0.5) is 5.69 Å². The highest BCUT2D eigenvalue weighted by molar-refractivity contribution is 7.89. The molecule has 2 fully saturated rings. The molecule has 11 nitrogen and oxygen atoms in total. The summed E-state index contributed by atoms with van der Waals surface area (Å²) in [7, 11) is -2.24. The topological polar surface area (TPSA) is 134 Å². The van der Waals surface area contributed by atoms with E-state index >= 15 is 0 Å². The maximum absolute atomic E-state index is 12.4. The zero-order valence-corrected chi connectivity index (χ0v) is 21.0. The molecular weight excluding hydrogens is 458 g/mol. The van der Waals surface area contributed by atoms with Crippen molar-refractivity contribution < 1.29 is 18.3 Å². The highest BCUT2D eigenvalue weighted by Gasteiger charge is 2.36. The van der Waals surface area contributed by atoms with Gasteiger partial charge >= 0.3 is 0 Å². The number of likely N-dealkylation sites (tertiary alicyclic amines) is 1. The summed E-state index contributed by atoms with van der Waals surface area (Å²) in [5.74, 6) is 0.358. The molecule has 1 saturated carbocycles. The van der Waals surface area contributed by atoms with Crippen molar-refractivity contribution in [1.82, 2.24) is 29.8 Å². The summed E-state index contributed by atoms with van der Waals surface area (Å²) in [6.45, 7) is 6.71. The number of hydrogen-bond acceptors (Lipinski definition) is 9. The first kappa shape index (κ1) is 25.0. The Hall–Kier alpha value is -2.12. The van der Waals surface area contributed by atoms with Gasteiger partial charge in [0.25, 0.3) is 0 Å². The molecule has 0 spiro atoms. The number of hydrogen-bond donors (Lipinski definition) is 3. The number of tetrazole rings is 1. The minimum Gasteiger partial charge on any atom is -0.382 e. The third kappa shape index (κ3) is 5.74. The van der Waals surface area contributed by atoms with Gasteiger partial charge in [0.1, 0.15) is 0 Å². The molecule has 2 heterocycles. The first-order chi connectivity index (χ1) is 16.1. The number of aromatic nitrogens is 4. The molecule has 12 heteroatoms. The second-order valence-electron chi connectivity index (χ2n) is 9.99. The van der Waals surface area contributed by atoms with Gasteiger partial charge < -0.3 is 15.2 Å². The van der Waals surface area contributed by atoms with Crippen LogP contribution in [-0.4, -0.2) is 76.8 Å². The van der Waals surface area contributed by atoms with Gasteiger partial charge in [0.05, 0.1) is 16.5 Å². The first-order valence-corrected chi connectivity index (χ1v) is 13.3. The van der Waals surface area contributed by atoms with E-state index in [0.29, 0.717) is 30.5 Å². The van der Waals surface area contributed by atoms with Gasteiger partial charge in [-0.1, -0.05) is 19.3 Å². The standard InChI is InChI=1S/C22H35N7O4S/c1-22(2,3)33-21(30)28-13-16(14-28)29-26-20(25-27-29)18-12-17(34(31,32)23-4)10-11-19(18)24-15-8-6-5-7-9-15/h10-12,15-16,21,23-24,30H,5-9,13-14H2,1-4H3. The van der Waals surface area contributed by atoms with Gasteiger partial charge in [-0.15, -0.1) is 10.2 Å². The van der Waals surface area contributed by atoms with E-state index < -0.39 is 22.0 Å². The number of benzene rings is 1. The van der Waals surface area contributed by atoms with Crippen molar-refractivity contribution in [2.75, 3.05) is 25.5 Å². The minimum atomic E-state index is -3.62. The molecule has 0 radical (unpaired) electrons.